The molecule has 1 atom stereocenters. The zero-order chi connectivity index (χ0) is 22.6. The lowest BCUT2D eigenvalue weighted by Crippen LogP contribution is -2.25. The van der Waals surface area contributed by atoms with Crippen molar-refractivity contribution < 1.29 is 36.6 Å². The summed E-state index contributed by atoms with van der Waals surface area (Å²) in [6.07, 6.45) is -0.728. The number of nitrogens with zero attached hydrogens (tertiary/aromatic N) is 2. The Morgan fingerprint density at radius 3 is 2.71 bits per heavy atom. The minimum atomic E-state index is -2.82. The van der Waals surface area contributed by atoms with E-state index in [9.17, 15) is 18.0 Å². The second-order valence-corrected chi connectivity index (χ2v) is 6.88. The summed E-state index contributed by atoms with van der Waals surface area (Å²) in [5, 5.41) is 0. The third kappa shape index (κ3) is 6.24. The number of benzene rings is 1. The lowest BCUT2D eigenvalue weighted by atomic mass is 10.3. The maximum absolute atomic E-state index is 14.5. The van der Waals surface area contributed by atoms with Crippen LogP contribution >= 0.6 is 0 Å². The molecular weight excluding hydrogens is 419 g/mol. The number of oxazole rings is 1. The largest absolute Gasteiger partial charge is 0.493 e. The van der Waals surface area contributed by atoms with Gasteiger partial charge >= 0.3 is 6.09 Å². The lowest BCUT2D eigenvalue weighted by Gasteiger charge is -2.12. The first-order valence-electron chi connectivity index (χ1n) is 9.27. The molecule has 0 spiro atoms. The quantitative estimate of drug-likeness (QED) is 0.529. The second kappa shape index (κ2) is 9.11. The molecule has 2 N–H and O–H groups in total. The Balaban J connectivity index is 1.70. The van der Waals surface area contributed by atoms with Gasteiger partial charge in [-0.3, -0.25) is 0 Å². The summed E-state index contributed by atoms with van der Waals surface area (Å²) in [5.74, 6) is -3.20. The van der Waals surface area contributed by atoms with Gasteiger partial charge in [-0.15, -0.1) is 0 Å². The molecule has 0 aliphatic heterocycles. The number of nitrogens with two attached hydrogens (primary N) is 1. The van der Waals surface area contributed by atoms with E-state index >= 15 is 0 Å². The number of hydrogen-bond acceptors (Lipinski definition) is 7. The topological polar surface area (TPSA) is 110 Å². The Morgan fingerprint density at radius 1 is 1.26 bits per heavy atom. The number of alkyl halides is 2. The number of carbonyl (C=O) groups excluding carboxylic acids is 1. The van der Waals surface area contributed by atoms with E-state index in [-0.39, 0.29) is 36.1 Å². The van der Waals surface area contributed by atoms with Crippen LogP contribution in [0.15, 0.2) is 34.9 Å². The number of fused-ring (bicyclic) bond motifs is 1. The minimum absolute atomic E-state index is 0.0426. The molecule has 0 saturated carbocycles. The first kappa shape index (κ1) is 22.2. The summed E-state index contributed by atoms with van der Waals surface area (Å²) in [5.41, 5.74) is 5.47. The third-order valence-electron chi connectivity index (χ3n) is 3.99. The average molecular weight is 439 g/mol. The van der Waals surface area contributed by atoms with Crippen LogP contribution in [0, 0.1) is 5.82 Å². The summed E-state index contributed by atoms with van der Waals surface area (Å²) < 4.78 is 61.2. The molecule has 0 radical (unpaired) electrons. The van der Waals surface area contributed by atoms with Gasteiger partial charge in [-0.05, 0) is 26.0 Å². The molecule has 0 aliphatic carbocycles. The molecule has 2 heterocycles. The van der Waals surface area contributed by atoms with Crippen molar-refractivity contribution in [2.75, 3.05) is 13.2 Å². The van der Waals surface area contributed by atoms with Crippen molar-refractivity contribution in [2.45, 2.75) is 32.3 Å². The monoisotopic (exact) mass is 439 g/mol. The van der Waals surface area contributed by atoms with Crippen molar-refractivity contribution in [1.29, 1.82) is 0 Å². The molecule has 0 fully saturated rings. The van der Waals surface area contributed by atoms with Crippen molar-refractivity contribution >= 4 is 17.2 Å². The molecule has 11 heteroatoms. The Hall–Kier alpha value is -3.50. The fourth-order valence-electron chi connectivity index (χ4n) is 2.55. The van der Waals surface area contributed by atoms with Crippen LogP contribution in [0.1, 0.15) is 20.3 Å². The van der Waals surface area contributed by atoms with Crippen molar-refractivity contribution in [3.05, 3.63) is 36.3 Å². The zero-order valence-corrected chi connectivity index (χ0v) is 16.7. The van der Waals surface area contributed by atoms with Gasteiger partial charge in [-0.2, -0.15) is 0 Å². The van der Waals surface area contributed by atoms with Gasteiger partial charge in [0.15, 0.2) is 17.1 Å². The Bertz CT molecular complexity index is 1070. The Labute approximate surface area is 175 Å². The van der Waals surface area contributed by atoms with Crippen LogP contribution in [-0.2, 0) is 4.74 Å². The van der Waals surface area contributed by atoms with Crippen molar-refractivity contribution in [2.24, 2.45) is 5.73 Å². The van der Waals surface area contributed by atoms with E-state index in [4.69, 9.17) is 24.4 Å². The molecule has 3 aromatic rings. The SMILES string of the molecule is C[C@@H](COc1cnc(-c2nc3ccc(OCCC(C)(F)F)cc3o2)c(F)c1)OC(N)=O. The standard InChI is InChI=1S/C20H20F3N3O5/c1-11(30-19(24)27)10-29-13-7-14(21)17(25-9-13)18-26-15-4-3-12(8-16(15)31-18)28-6-5-20(2,22)23/h3-4,7-9,11H,5-6,10H2,1-2H3,(H2,24,27)/t11-/m0/s1. The van der Waals surface area contributed by atoms with E-state index in [1.807, 2.05) is 0 Å². The van der Waals surface area contributed by atoms with E-state index in [1.54, 1.807) is 19.1 Å². The van der Waals surface area contributed by atoms with Crippen LogP contribution in [0.4, 0.5) is 18.0 Å². The van der Waals surface area contributed by atoms with E-state index in [0.29, 0.717) is 11.3 Å². The van der Waals surface area contributed by atoms with E-state index in [0.717, 1.165) is 13.0 Å². The van der Waals surface area contributed by atoms with Crippen molar-refractivity contribution in [3.8, 4) is 23.1 Å². The number of hydrogen-bond donors (Lipinski definition) is 1. The van der Waals surface area contributed by atoms with Crippen LogP contribution in [0.2, 0.25) is 0 Å². The molecule has 31 heavy (non-hydrogen) atoms. The Morgan fingerprint density at radius 2 is 2.03 bits per heavy atom. The maximum Gasteiger partial charge on any atom is 0.404 e. The van der Waals surface area contributed by atoms with Gasteiger partial charge in [-0.25, -0.2) is 27.9 Å². The van der Waals surface area contributed by atoms with Crippen LogP contribution < -0.4 is 15.2 Å². The molecular formula is C20H20F3N3O5. The summed E-state index contributed by atoms with van der Waals surface area (Å²) in [6, 6.07) is 5.69. The first-order valence-corrected chi connectivity index (χ1v) is 9.27. The van der Waals surface area contributed by atoms with Crippen LogP contribution in [0.5, 0.6) is 11.5 Å². The lowest BCUT2D eigenvalue weighted by molar-refractivity contribution is 0.000866. The highest BCUT2D eigenvalue weighted by Gasteiger charge is 2.21. The molecule has 0 bridgehead atoms. The number of pyridine rings is 1. The number of primary amides is 1. The molecule has 0 saturated heterocycles. The highest BCUT2D eigenvalue weighted by Crippen LogP contribution is 2.29. The van der Waals surface area contributed by atoms with Crippen LogP contribution in [0.25, 0.3) is 22.7 Å². The van der Waals surface area contributed by atoms with Gasteiger partial charge in [0, 0.05) is 18.6 Å². The smallest absolute Gasteiger partial charge is 0.404 e. The van der Waals surface area contributed by atoms with Gasteiger partial charge in [0.2, 0.25) is 11.8 Å². The molecule has 8 nitrogen and oxygen atoms in total. The number of amides is 1. The van der Waals surface area contributed by atoms with E-state index < -0.39 is 30.4 Å². The highest BCUT2D eigenvalue weighted by molar-refractivity contribution is 5.77. The van der Waals surface area contributed by atoms with Crippen molar-refractivity contribution in [1.82, 2.24) is 9.97 Å². The van der Waals surface area contributed by atoms with Gasteiger partial charge in [-0.1, -0.05) is 0 Å². The van der Waals surface area contributed by atoms with Gasteiger partial charge < -0.3 is 24.4 Å². The number of carbonyl (C=O) groups is 1. The first-order chi connectivity index (χ1) is 14.6. The fraction of sp³-hybridized carbons (Fsp3) is 0.350. The molecule has 0 unspecified atom stereocenters. The molecule has 0 aliphatic rings. The Kier molecular flexibility index (Phi) is 6.52. The van der Waals surface area contributed by atoms with Gasteiger partial charge in [0.1, 0.15) is 29.7 Å². The highest BCUT2D eigenvalue weighted by atomic mass is 19.3. The summed E-state index contributed by atoms with van der Waals surface area (Å²) in [6.45, 7) is 2.17. The fourth-order valence-corrected chi connectivity index (χ4v) is 2.55. The number of rotatable bonds is 9. The average Bonchev–Trinajstić information content (AvgIpc) is 3.08. The second-order valence-electron chi connectivity index (χ2n) is 6.88. The number of ether oxygens (including phenoxy) is 3. The molecule has 1 aromatic carbocycles. The van der Waals surface area contributed by atoms with Gasteiger partial charge in [0.25, 0.3) is 0 Å². The van der Waals surface area contributed by atoms with E-state index in [1.165, 1.54) is 12.3 Å². The zero-order valence-electron chi connectivity index (χ0n) is 16.7. The number of aromatic nitrogens is 2. The molecule has 3 rings (SSSR count). The molecule has 2 aromatic heterocycles. The van der Waals surface area contributed by atoms with Crippen LogP contribution in [-0.4, -0.2) is 41.3 Å². The summed E-state index contributed by atoms with van der Waals surface area (Å²) in [4.78, 5) is 18.8. The summed E-state index contributed by atoms with van der Waals surface area (Å²) in [7, 11) is 0. The van der Waals surface area contributed by atoms with Crippen molar-refractivity contribution in [3.63, 3.8) is 0 Å². The normalized spacial score (nSPS) is 12.5. The predicted octanol–water partition coefficient (Wildman–Crippen LogP) is 4.32. The third-order valence-corrected chi connectivity index (χ3v) is 3.99. The van der Waals surface area contributed by atoms with E-state index in [2.05, 4.69) is 9.97 Å². The number of halogens is 3. The molecule has 166 valence electrons. The van der Waals surface area contributed by atoms with Gasteiger partial charge in [0.05, 0.1) is 12.8 Å². The minimum Gasteiger partial charge on any atom is -0.493 e. The summed E-state index contributed by atoms with van der Waals surface area (Å²) >= 11 is 0. The predicted molar refractivity (Wildman–Crippen MR) is 104 cm³/mol. The molecule has 1 amide bonds. The van der Waals surface area contributed by atoms with Crippen LogP contribution in [0.3, 0.4) is 0 Å². The maximum atomic E-state index is 14.5.